The zero-order valence-electron chi connectivity index (χ0n) is 6.33. The summed E-state index contributed by atoms with van der Waals surface area (Å²) in [5.74, 6) is 0.617. The quantitative estimate of drug-likeness (QED) is 0.459. The number of hydrogen-bond acceptors (Lipinski definition) is 3. The highest BCUT2D eigenvalue weighted by Gasteiger charge is 2.17. The maximum atomic E-state index is 5.24. The maximum absolute atomic E-state index is 5.24. The molecule has 1 aliphatic heterocycles. The van der Waals surface area contributed by atoms with Crippen molar-refractivity contribution in [2.45, 2.75) is 6.42 Å². The molecule has 1 atom stereocenters. The minimum Gasteiger partial charge on any atom is -0.312 e. The number of alkyl halides is 1. The molecule has 4 heteroatoms. The molecular formula is C7H12IN3. The molecule has 0 aromatic rings. The number of nitrogens with two attached hydrogens (primary N) is 1. The van der Waals surface area contributed by atoms with Crippen molar-refractivity contribution < 1.29 is 0 Å². The molecule has 0 radical (unpaired) electrons. The Morgan fingerprint density at radius 2 is 2.64 bits per heavy atom. The van der Waals surface area contributed by atoms with Crippen LogP contribution in [0.2, 0.25) is 0 Å². The SMILES string of the molecule is NC/N=C/C1=NCCC1CI. The molecule has 0 fully saturated rings. The molecule has 0 saturated carbocycles. The summed E-state index contributed by atoms with van der Waals surface area (Å²) in [6.45, 7) is 1.33. The maximum Gasteiger partial charge on any atom is 0.0860 e. The molecule has 1 heterocycles. The molecule has 0 bridgehead atoms. The number of aliphatic imine (C=N–C) groups is 2. The van der Waals surface area contributed by atoms with Crippen LogP contribution in [0.5, 0.6) is 0 Å². The van der Waals surface area contributed by atoms with Gasteiger partial charge in [0.05, 0.1) is 12.4 Å². The number of hydrogen-bond donors (Lipinski definition) is 1. The van der Waals surface area contributed by atoms with Crippen LogP contribution >= 0.6 is 22.6 Å². The van der Waals surface area contributed by atoms with Gasteiger partial charge in [-0.05, 0) is 6.42 Å². The summed E-state index contributed by atoms with van der Waals surface area (Å²) >= 11 is 2.38. The van der Waals surface area contributed by atoms with Gasteiger partial charge in [-0.2, -0.15) is 0 Å². The summed E-state index contributed by atoms with van der Waals surface area (Å²) in [7, 11) is 0. The third-order valence-electron chi connectivity index (χ3n) is 1.71. The lowest BCUT2D eigenvalue weighted by atomic mass is 10.1. The molecule has 0 aromatic carbocycles. The van der Waals surface area contributed by atoms with Crippen molar-refractivity contribution in [3.63, 3.8) is 0 Å². The number of halogens is 1. The van der Waals surface area contributed by atoms with E-state index >= 15 is 0 Å². The molecule has 3 nitrogen and oxygen atoms in total. The van der Waals surface area contributed by atoms with E-state index in [9.17, 15) is 0 Å². The van der Waals surface area contributed by atoms with Gasteiger partial charge in [-0.15, -0.1) is 0 Å². The van der Waals surface area contributed by atoms with E-state index in [2.05, 4.69) is 32.6 Å². The van der Waals surface area contributed by atoms with Crippen LogP contribution in [0.4, 0.5) is 0 Å². The van der Waals surface area contributed by atoms with E-state index in [-0.39, 0.29) is 0 Å². The molecule has 0 amide bonds. The lowest BCUT2D eigenvalue weighted by molar-refractivity contribution is 0.773. The summed E-state index contributed by atoms with van der Waals surface area (Å²) in [6, 6.07) is 0. The molecule has 0 spiro atoms. The topological polar surface area (TPSA) is 50.7 Å². The van der Waals surface area contributed by atoms with E-state index in [1.165, 1.54) is 6.42 Å². The van der Waals surface area contributed by atoms with Gasteiger partial charge < -0.3 is 5.73 Å². The van der Waals surface area contributed by atoms with Gasteiger partial charge in [0.2, 0.25) is 0 Å². The molecule has 11 heavy (non-hydrogen) atoms. The molecule has 2 N–H and O–H groups in total. The molecule has 1 aliphatic rings. The largest absolute Gasteiger partial charge is 0.312 e. The predicted octanol–water partition coefficient (Wildman–Crippen LogP) is 0.869. The highest BCUT2D eigenvalue weighted by molar-refractivity contribution is 14.1. The fourth-order valence-electron chi connectivity index (χ4n) is 1.08. The molecule has 0 aliphatic carbocycles. The molecule has 62 valence electrons. The summed E-state index contributed by atoms with van der Waals surface area (Å²) in [5, 5.41) is 0. The molecule has 0 saturated heterocycles. The second-order valence-corrected chi connectivity index (χ2v) is 3.32. The Bertz CT molecular complexity index is 177. The van der Waals surface area contributed by atoms with E-state index in [0.717, 1.165) is 16.7 Å². The van der Waals surface area contributed by atoms with E-state index in [1.807, 2.05) is 6.21 Å². The van der Waals surface area contributed by atoms with Crippen LogP contribution in [0.3, 0.4) is 0 Å². The molecule has 1 unspecified atom stereocenters. The Kier molecular flexibility index (Phi) is 3.99. The van der Waals surface area contributed by atoms with Crippen molar-refractivity contribution in [3.05, 3.63) is 0 Å². The van der Waals surface area contributed by atoms with Gasteiger partial charge in [-0.3, -0.25) is 9.98 Å². The van der Waals surface area contributed by atoms with Crippen LogP contribution in [0.15, 0.2) is 9.98 Å². The second-order valence-electron chi connectivity index (χ2n) is 2.44. The van der Waals surface area contributed by atoms with E-state index in [0.29, 0.717) is 12.6 Å². The van der Waals surface area contributed by atoms with E-state index in [1.54, 1.807) is 0 Å². The summed E-state index contributed by atoms with van der Waals surface area (Å²) in [5.41, 5.74) is 6.37. The first-order valence-electron chi connectivity index (χ1n) is 3.68. The van der Waals surface area contributed by atoms with Crippen molar-refractivity contribution in [3.8, 4) is 0 Å². The zero-order chi connectivity index (χ0) is 8.10. The van der Waals surface area contributed by atoms with E-state index < -0.39 is 0 Å². The lowest BCUT2D eigenvalue weighted by Gasteiger charge is -2.02. The fourth-order valence-corrected chi connectivity index (χ4v) is 1.97. The Morgan fingerprint density at radius 3 is 3.27 bits per heavy atom. The van der Waals surface area contributed by atoms with Crippen molar-refractivity contribution >= 4 is 34.5 Å². The van der Waals surface area contributed by atoms with Crippen molar-refractivity contribution in [2.24, 2.45) is 21.6 Å². The predicted molar refractivity (Wildman–Crippen MR) is 56.8 cm³/mol. The summed E-state index contributed by atoms with van der Waals surface area (Å²) < 4.78 is 1.13. The van der Waals surface area contributed by atoms with Crippen LogP contribution in [0.1, 0.15) is 6.42 Å². The van der Waals surface area contributed by atoms with Gasteiger partial charge in [0.1, 0.15) is 0 Å². The normalized spacial score (nSPS) is 24.5. The lowest BCUT2D eigenvalue weighted by Crippen LogP contribution is -2.13. The van der Waals surface area contributed by atoms with Crippen molar-refractivity contribution in [2.75, 3.05) is 17.6 Å². The first-order chi connectivity index (χ1) is 5.38. The highest BCUT2D eigenvalue weighted by Crippen LogP contribution is 2.15. The number of rotatable bonds is 3. The number of nitrogens with zero attached hydrogens (tertiary/aromatic N) is 2. The van der Waals surface area contributed by atoms with Crippen molar-refractivity contribution in [1.29, 1.82) is 0 Å². The fraction of sp³-hybridized carbons (Fsp3) is 0.714. The average Bonchev–Trinajstić information content (AvgIpc) is 2.47. The highest BCUT2D eigenvalue weighted by atomic mass is 127. The summed E-state index contributed by atoms with van der Waals surface area (Å²) in [6.07, 6.45) is 2.99. The van der Waals surface area contributed by atoms with Gasteiger partial charge in [0.25, 0.3) is 0 Å². The van der Waals surface area contributed by atoms with Gasteiger partial charge in [-0.1, -0.05) is 22.6 Å². The summed E-state index contributed by atoms with van der Waals surface area (Å²) in [4.78, 5) is 8.30. The Hall–Kier alpha value is 0.0300. The molecular weight excluding hydrogens is 253 g/mol. The van der Waals surface area contributed by atoms with Gasteiger partial charge in [0, 0.05) is 23.1 Å². The van der Waals surface area contributed by atoms with Gasteiger partial charge in [0.15, 0.2) is 0 Å². The third kappa shape index (κ3) is 2.52. The van der Waals surface area contributed by atoms with Crippen LogP contribution in [0, 0.1) is 5.92 Å². The Morgan fingerprint density at radius 1 is 1.82 bits per heavy atom. The van der Waals surface area contributed by atoms with Crippen LogP contribution in [-0.2, 0) is 0 Å². The van der Waals surface area contributed by atoms with Crippen LogP contribution in [-0.4, -0.2) is 29.6 Å². The standard InChI is InChI=1S/C7H12IN3/c8-3-6-1-2-11-7(6)4-10-5-9/h4,6H,1-3,5,9H2/b10-4+. The van der Waals surface area contributed by atoms with Crippen molar-refractivity contribution in [1.82, 2.24) is 0 Å². The Labute approximate surface area is 80.3 Å². The minimum absolute atomic E-state index is 0.368. The zero-order valence-corrected chi connectivity index (χ0v) is 8.49. The van der Waals surface area contributed by atoms with Gasteiger partial charge in [-0.25, -0.2) is 0 Å². The van der Waals surface area contributed by atoms with E-state index in [4.69, 9.17) is 5.73 Å². The van der Waals surface area contributed by atoms with Crippen LogP contribution in [0.25, 0.3) is 0 Å². The molecule has 0 aromatic heterocycles. The first kappa shape index (κ1) is 9.12. The molecule has 1 rings (SSSR count). The monoisotopic (exact) mass is 265 g/mol. The average molecular weight is 265 g/mol. The second kappa shape index (κ2) is 4.82. The third-order valence-corrected chi connectivity index (χ3v) is 2.77. The van der Waals surface area contributed by atoms with Crippen LogP contribution < -0.4 is 5.73 Å². The first-order valence-corrected chi connectivity index (χ1v) is 5.21. The van der Waals surface area contributed by atoms with Gasteiger partial charge >= 0.3 is 0 Å². The Balaban J connectivity index is 2.49. The smallest absolute Gasteiger partial charge is 0.0860 e. The minimum atomic E-state index is 0.368.